The van der Waals surface area contributed by atoms with Crippen LogP contribution in [0, 0.1) is 6.92 Å². The van der Waals surface area contributed by atoms with Crippen LogP contribution in [0.2, 0.25) is 0 Å². The summed E-state index contributed by atoms with van der Waals surface area (Å²) in [6, 6.07) is 6.81. The highest BCUT2D eigenvalue weighted by Gasteiger charge is 2.22. The summed E-state index contributed by atoms with van der Waals surface area (Å²) < 4.78 is 25.1. The zero-order valence-electron chi connectivity index (χ0n) is 13.2. The van der Waals surface area contributed by atoms with Gasteiger partial charge in [0, 0.05) is 24.3 Å². The molecule has 2 atom stereocenters. The van der Waals surface area contributed by atoms with Crippen molar-refractivity contribution >= 4 is 21.4 Å². The van der Waals surface area contributed by atoms with Gasteiger partial charge >= 0.3 is 0 Å². The minimum Gasteiger partial charge on any atom is -0.382 e. The summed E-state index contributed by atoms with van der Waals surface area (Å²) in [6.45, 7) is 5.26. The van der Waals surface area contributed by atoms with Crippen molar-refractivity contribution in [2.75, 3.05) is 29.9 Å². The number of benzene rings is 1. The number of piperidine rings is 1. The van der Waals surface area contributed by atoms with E-state index in [1.165, 1.54) is 6.26 Å². The molecular formula is C15H25N3O2S. The van der Waals surface area contributed by atoms with Crippen LogP contribution >= 0.6 is 0 Å². The van der Waals surface area contributed by atoms with Gasteiger partial charge in [-0.2, -0.15) is 0 Å². The van der Waals surface area contributed by atoms with Crippen LogP contribution in [0.5, 0.6) is 0 Å². The van der Waals surface area contributed by atoms with E-state index in [4.69, 9.17) is 0 Å². The molecule has 0 aliphatic carbocycles. The van der Waals surface area contributed by atoms with E-state index in [2.05, 4.69) is 28.9 Å². The molecule has 1 aliphatic heterocycles. The second-order valence-electron chi connectivity index (χ2n) is 6.10. The summed E-state index contributed by atoms with van der Waals surface area (Å²) in [5.74, 6) is 0. The lowest BCUT2D eigenvalue weighted by Crippen LogP contribution is -2.42. The van der Waals surface area contributed by atoms with Gasteiger partial charge in [-0.3, -0.25) is 4.72 Å². The topological polar surface area (TPSA) is 61.4 Å². The Kier molecular flexibility index (Phi) is 4.78. The fourth-order valence-corrected chi connectivity index (χ4v) is 3.35. The largest absolute Gasteiger partial charge is 0.382 e. The Balaban J connectivity index is 2.04. The molecule has 1 saturated heterocycles. The molecule has 0 spiro atoms. The van der Waals surface area contributed by atoms with Crippen LogP contribution in [0.4, 0.5) is 11.4 Å². The molecule has 0 saturated carbocycles. The molecule has 1 aromatic rings. The minimum absolute atomic E-state index is 0.476. The Labute approximate surface area is 127 Å². The molecule has 2 N–H and O–H groups in total. The maximum Gasteiger partial charge on any atom is 0.229 e. The third-order valence-corrected chi connectivity index (χ3v) is 4.69. The van der Waals surface area contributed by atoms with E-state index in [0.717, 1.165) is 30.6 Å². The summed E-state index contributed by atoms with van der Waals surface area (Å²) >= 11 is 0. The van der Waals surface area contributed by atoms with Crippen molar-refractivity contribution in [1.82, 2.24) is 4.90 Å². The standard InChI is InChI=1S/C15H25N3O2S/c1-11-9-13(5-6-15(11)17-21(4,19)20)16-14-7-8-18(3)12(2)10-14/h5-6,9,12,14,16-17H,7-8,10H2,1-4H3. The van der Waals surface area contributed by atoms with E-state index in [9.17, 15) is 8.42 Å². The summed E-state index contributed by atoms with van der Waals surface area (Å²) in [5.41, 5.74) is 2.61. The highest BCUT2D eigenvalue weighted by molar-refractivity contribution is 7.92. The molecule has 118 valence electrons. The van der Waals surface area contributed by atoms with Crippen molar-refractivity contribution in [3.8, 4) is 0 Å². The van der Waals surface area contributed by atoms with Crippen LogP contribution in [0.1, 0.15) is 25.3 Å². The summed E-state index contributed by atoms with van der Waals surface area (Å²) in [5, 5.41) is 3.56. The number of nitrogens with one attached hydrogen (secondary N) is 2. The fraction of sp³-hybridized carbons (Fsp3) is 0.600. The van der Waals surface area contributed by atoms with Gasteiger partial charge < -0.3 is 10.2 Å². The molecule has 5 nitrogen and oxygen atoms in total. The molecular weight excluding hydrogens is 286 g/mol. The smallest absolute Gasteiger partial charge is 0.229 e. The van der Waals surface area contributed by atoms with Crippen LogP contribution in [0.15, 0.2) is 18.2 Å². The Morgan fingerprint density at radius 1 is 1.33 bits per heavy atom. The molecule has 21 heavy (non-hydrogen) atoms. The highest BCUT2D eigenvalue weighted by Crippen LogP contribution is 2.24. The maximum atomic E-state index is 11.3. The zero-order valence-corrected chi connectivity index (χ0v) is 14.0. The van der Waals surface area contributed by atoms with Crippen LogP contribution in [-0.4, -0.2) is 45.2 Å². The van der Waals surface area contributed by atoms with Gasteiger partial charge in [-0.05, 0) is 57.5 Å². The van der Waals surface area contributed by atoms with Crippen molar-refractivity contribution in [3.05, 3.63) is 23.8 Å². The molecule has 2 rings (SSSR count). The second kappa shape index (κ2) is 6.23. The molecule has 6 heteroatoms. The first-order valence-corrected chi connectivity index (χ1v) is 9.19. The van der Waals surface area contributed by atoms with Crippen LogP contribution in [-0.2, 0) is 10.0 Å². The minimum atomic E-state index is -3.23. The van der Waals surface area contributed by atoms with Crippen LogP contribution in [0.3, 0.4) is 0 Å². The molecule has 1 heterocycles. The molecule has 2 unspecified atom stereocenters. The van der Waals surface area contributed by atoms with E-state index in [1.807, 2.05) is 25.1 Å². The maximum absolute atomic E-state index is 11.3. The number of anilines is 2. The number of sulfonamides is 1. The van der Waals surface area contributed by atoms with Gasteiger partial charge in [-0.15, -0.1) is 0 Å². The Morgan fingerprint density at radius 3 is 2.62 bits per heavy atom. The van der Waals surface area contributed by atoms with Crippen molar-refractivity contribution in [2.24, 2.45) is 0 Å². The third kappa shape index (κ3) is 4.61. The Morgan fingerprint density at radius 2 is 2.05 bits per heavy atom. The van der Waals surface area contributed by atoms with Crippen LogP contribution < -0.4 is 10.0 Å². The molecule has 0 amide bonds. The predicted molar refractivity (Wildman–Crippen MR) is 88.4 cm³/mol. The fourth-order valence-electron chi connectivity index (χ4n) is 2.72. The first-order chi connectivity index (χ1) is 9.74. The van der Waals surface area contributed by atoms with Gasteiger partial charge in [0.25, 0.3) is 0 Å². The average molecular weight is 311 g/mol. The van der Waals surface area contributed by atoms with E-state index in [1.54, 1.807) is 0 Å². The predicted octanol–water partition coefficient (Wildman–Crippen LogP) is 2.26. The molecule has 1 aromatic carbocycles. The van der Waals surface area contributed by atoms with E-state index < -0.39 is 10.0 Å². The first kappa shape index (κ1) is 16.1. The zero-order chi connectivity index (χ0) is 15.6. The van der Waals surface area contributed by atoms with E-state index >= 15 is 0 Å². The van der Waals surface area contributed by atoms with Gasteiger partial charge in [-0.1, -0.05) is 0 Å². The second-order valence-corrected chi connectivity index (χ2v) is 7.85. The van der Waals surface area contributed by atoms with Crippen LogP contribution in [0.25, 0.3) is 0 Å². The summed E-state index contributed by atoms with van der Waals surface area (Å²) in [4.78, 5) is 2.38. The summed E-state index contributed by atoms with van der Waals surface area (Å²) in [6.07, 6.45) is 3.42. The molecule has 0 aromatic heterocycles. The number of hydrogen-bond acceptors (Lipinski definition) is 4. The molecule has 1 fully saturated rings. The lowest BCUT2D eigenvalue weighted by molar-refractivity contribution is 0.190. The van der Waals surface area contributed by atoms with E-state index in [-0.39, 0.29) is 0 Å². The quantitative estimate of drug-likeness (QED) is 0.895. The summed E-state index contributed by atoms with van der Waals surface area (Å²) in [7, 11) is -1.07. The highest BCUT2D eigenvalue weighted by atomic mass is 32.2. The van der Waals surface area contributed by atoms with Gasteiger partial charge in [0.2, 0.25) is 10.0 Å². The number of nitrogens with zero attached hydrogens (tertiary/aromatic N) is 1. The van der Waals surface area contributed by atoms with Gasteiger partial charge in [0.15, 0.2) is 0 Å². The van der Waals surface area contributed by atoms with Gasteiger partial charge in [0.1, 0.15) is 0 Å². The van der Waals surface area contributed by atoms with Crippen molar-refractivity contribution in [2.45, 2.75) is 38.8 Å². The number of aryl methyl sites for hydroxylation is 1. The average Bonchev–Trinajstić information content (AvgIpc) is 2.36. The Hall–Kier alpha value is -1.27. The molecule has 0 radical (unpaired) electrons. The lowest BCUT2D eigenvalue weighted by atomic mass is 9.98. The normalized spacial score (nSPS) is 23.8. The number of likely N-dealkylation sites (tertiary alicyclic amines) is 1. The Bertz CT molecular complexity index is 601. The van der Waals surface area contributed by atoms with Gasteiger partial charge in [-0.25, -0.2) is 8.42 Å². The SMILES string of the molecule is Cc1cc(NC2CCN(C)C(C)C2)ccc1NS(C)(=O)=O. The van der Waals surface area contributed by atoms with Gasteiger partial charge in [0.05, 0.1) is 11.9 Å². The monoisotopic (exact) mass is 311 g/mol. The number of hydrogen-bond donors (Lipinski definition) is 2. The van der Waals surface area contributed by atoms with Crippen molar-refractivity contribution < 1.29 is 8.42 Å². The molecule has 1 aliphatic rings. The molecule has 0 bridgehead atoms. The lowest BCUT2D eigenvalue weighted by Gasteiger charge is -2.35. The number of rotatable bonds is 4. The van der Waals surface area contributed by atoms with Crippen molar-refractivity contribution in [1.29, 1.82) is 0 Å². The van der Waals surface area contributed by atoms with E-state index in [0.29, 0.717) is 17.8 Å². The first-order valence-electron chi connectivity index (χ1n) is 7.30. The third-order valence-electron chi connectivity index (χ3n) is 4.10. The van der Waals surface area contributed by atoms with Crippen molar-refractivity contribution in [3.63, 3.8) is 0 Å².